The van der Waals surface area contributed by atoms with E-state index in [4.69, 9.17) is 14.2 Å². The van der Waals surface area contributed by atoms with E-state index in [1.54, 1.807) is 0 Å². The van der Waals surface area contributed by atoms with Crippen molar-refractivity contribution in [2.24, 2.45) is 0 Å². The van der Waals surface area contributed by atoms with Gasteiger partial charge in [-0.05, 0) is 51.8 Å². The van der Waals surface area contributed by atoms with Gasteiger partial charge in [-0.15, -0.1) is 0 Å². The SMILES string of the molecule is C.CC(C)(C)OC(=O)NCCCCOc1cccc2c1S(=O)c1ccccc1CO2. The van der Waals surface area contributed by atoms with E-state index in [0.717, 1.165) is 23.3 Å². The first kappa shape index (κ1) is 23.7. The van der Waals surface area contributed by atoms with Crippen molar-refractivity contribution in [1.29, 1.82) is 0 Å². The molecule has 1 N–H and O–H groups in total. The van der Waals surface area contributed by atoms with E-state index in [9.17, 15) is 9.00 Å². The van der Waals surface area contributed by atoms with Crippen molar-refractivity contribution in [3.63, 3.8) is 0 Å². The van der Waals surface area contributed by atoms with Crippen LogP contribution in [0.5, 0.6) is 11.5 Å². The fourth-order valence-electron chi connectivity index (χ4n) is 2.89. The Kier molecular flexibility index (Phi) is 8.29. The molecule has 0 spiro atoms. The molecule has 1 aliphatic heterocycles. The smallest absolute Gasteiger partial charge is 0.407 e. The van der Waals surface area contributed by atoms with Crippen LogP contribution in [0.25, 0.3) is 0 Å². The van der Waals surface area contributed by atoms with Crippen molar-refractivity contribution in [2.75, 3.05) is 13.2 Å². The van der Waals surface area contributed by atoms with Gasteiger partial charge in [-0.2, -0.15) is 0 Å². The number of ether oxygens (including phenoxy) is 3. The van der Waals surface area contributed by atoms with Crippen LogP contribution in [0.15, 0.2) is 52.3 Å². The van der Waals surface area contributed by atoms with Crippen molar-refractivity contribution in [3.05, 3.63) is 48.0 Å². The van der Waals surface area contributed by atoms with Crippen LogP contribution in [0.1, 0.15) is 46.6 Å². The third-order valence-corrected chi connectivity index (χ3v) is 5.75. The van der Waals surface area contributed by atoms with E-state index in [1.807, 2.05) is 63.2 Å². The molecule has 0 saturated heterocycles. The van der Waals surface area contributed by atoms with Gasteiger partial charge in [-0.25, -0.2) is 9.00 Å². The first-order valence-electron chi connectivity index (χ1n) is 9.70. The highest BCUT2D eigenvalue weighted by atomic mass is 32.2. The van der Waals surface area contributed by atoms with Crippen molar-refractivity contribution < 1.29 is 23.2 Å². The first-order chi connectivity index (χ1) is 13.8. The van der Waals surface area contributed by atoms with Crippen LogP contribution in [0.2, 0.25) is 0 Å². The Morgan fingerprint density at radius 2 is 1.90 bits per heavy atom. The lowest BCUT2D eigenvalue weighted by Crippen LogP contribution is -2.33. The summed E-state index contributed by atoms with van der Waals surface area (Å²) in [5.74, 6) is 1.15. The Hall–Kier alpha value is -2.54. The van der Waals surface area contributed by atoms with Crippen LogP contribution in [0.4, 0.5) is 4.79 Å². The number of nitrogens with one attached hydrogen (secondary N) is 1. The van der Waals surface area contributed by atoms with Crippen LogP contribution >= 0.6 is 0 Å². The van der Waals surface area contributed by atoms with Gasteiger partial charge >= 0.3 is 6.09 Å². The van der Waals surface area contributed by atoms with E-state index in [2.05, 4.69) is 5.32 Å². The number of alkyl carbamates (subject to hydrolysis) is 1. The largest absolute Gasteiger partial charge is 0.492 e. The maximum absolute atomic E-state index is 13.2. The summed E-state index contributed by atoms with van der Waals surface area (Å²) in [4.78, 5) is 13.0. The summed E-state index contributed by atoms with van der Waals surface area (Å²) >= 11 is 0. The van der Waals surface area contributed by atoms with Crippen molar-refractivity contribution >= 4 is 16.9 Å². The molecule has 0 fully saturated rings. The van der Waals surface area contributed by atoms with Crippen LogP contribution in [0, 0.1) is 0 Å². The molecular formula is C23H31NO5S. The fraction of sp³-hybridized carbons (Fsp3) is 0.435. The fourth-order valence-corrected chi connectivity index (χ4v) is 4.30. The number of amides is 1. The van der Waals surface area contributed by atoms with Crippen molar-refractivity contribution in [1.82, 2.24) is 5.32 Å². The third kappa shape index (κ3) is 6.23. The number of fused-ring (bicyclic) bond motifs is 2. The van der Waals surface area contributed by atoms with Crippen LogP contribution in [0.3, 0.4) is 0 Å². The molecule has 0 aromatic heterocycles. The molecule has 6 nitrogen and oxygen atoms in total. The molecule has 30 heavy (non-hydrogen) atoms. The highest BCUT2D eigenvalue weighted by molar-refractivity contribution is 7.85. The molecule has 0 bridgehead atoms. The Labute approximate surface area is 181 Å². The molecule has 0 radical (unpaired) electrons. The number of carbonyl (C=O) groups excluding carboxylic acids is 1. The van der Waals surface area contributed by atoms with Crippen LogP contribution < -0.4 is 14.8 Å². The van der Waals surface area contributed by atoms with Crippen LogP contribution in [-0.2, 0) is 22.1 Å². The van der Waals surface area contributed by atoms with Gasteiger partial charge in [0, 0.05) is 12.1 Å². The Balaban J connectivity index is 0.00000320. The lowest BCUT2D eigenvalue weighted by atomic mass is 10.2. The summed E-state index contributed by atoms with van der Waals surface area (Å²) in [5.41, 5.74) is 0.412. The predicted octanol–water partition coefficient (Wildman–Crippen LogP) is 5.07. The monoisotopic (exact) mass is 433 g/mol. The molecule has 1 aliphatic rings. The molecule has 1 heterocycles. The van der Waals surface area contributed by atoms with E-state index in [1.165, 1.54) is 0 Å². The number of carbonyl (C=O) groups is 1. The zero-order chi connectivity index (χ0) is 20.9. The summed E-state index contributed by atoms with van der Waals surface area (Å²) in [5, 5.41) is 2.73. The molecule has 1 unspecified atom stereocenters. The van der Waals surface area contributed by atoms with E-state index < -0.39 is 22.5 Å². The summed E-state index contributed by atoms with van der Waals surface area (Å²) in [6, 6.07) is 13.1. The molecule has 1 atom stereocenters. The zero-order valence-electron chi connectivity index (χ0n) is 17.0. The van der Waals surface area contributed by atoms with E-state index >= 15 is 0 Å². The molecule has 0 aliphatic carbocycles. The average molecular weight is 434 g/mol. The normalized spacial score (nSPS) is 14.8. The first-order valence-corrected chi connectivity index (χ1v) is 10.9. The van der Waals surface area contributed by atoms with Gasteiger partial charge in [0.2, 0.25) is 0 Å². The van der Waals surface area contributed by atoms with Crippen molar-refractivity contribution in [2.45, 2.75) is 63.0 Å². The molecule has 1 amide bonds. The minimum atomic E-state index is -1.37. The Bertz CT molecular complexity index is 891. The average Bonchev–Trinajstić information content (AvgIpc) is 2.81. The molecule has 2 aromatic carbocycles. The minimum Gasteiger partial charge on any atom is -0.492 e. The van der Waals surface area contributed by atoms with Crippen molar-refractivity contribution in [3.8, 4) is 11.5 Å². The number of benzene rings is 2. The highest BCUT2D eigenvalue weighted by Gasteiger charge is 2.24. The van der Waals surface area contributed by atoms with Gasteiger partial charge in [0.1, 0.15) is 28.6 Å². The third-order valence-electron chi connectivity index (χ3n) is 4.18. The number of rotatable bonds is 6. The lowest BCUT2D eigenvalue weighted by molar-refractivity contribution is 0.0526. The lowest BCUT2D eigenvalue weighted by Gasteiger charge is -2.19. The summed E-state index contributed by atoms with van der Waals surface area (Å²) < 4.78 is 30.1. The van der Waals surface area contributed by atoms with Gasteiger partial charge in [-0.1, -0.05) is 31.7 Å². The molecule has 164 valence electrons. The van der Waals surface area contributed by atoms with Crippen LogP contribution in [-0.4, -0.2) is 29.1 Å². The molecule has 2 aromatic rings. The topological polar surface area (TPSA) is 73.9 Å². The maximum Gasteiger partial charge on any atom is 0.407 e. The molecule has 0 saturated carbocycles. The second-order valence-corrected chi connectivity index (χ2v) is 9.12. The number of unbranched alkanes of at least 4 members (excludes halogenated alkanes) is 1. The van der Waals surface area contributed by atoms with Gasteiger partial charge < -0.3 is 19.5 Å². The number of hydrogen-bond donors (Lipinski definition) is 1. The van der Waals surface area contributed by atoms with Gasteiger partial charge in [0.25, 0.3) is 0 Å². The Morgan fingerprint density at radius 3 is 2.67 bits per heavy atom. The number of hydrogen-bond acceptors (Lipinski definition) is 5. The quantitative estimate of drug-likeness (QED) is 0.644. The van der Waals surface area contributed by atoms with Gasteiger partial charge in [-0.3, -0.25) is 0 Å². The zero-order valence-corrected chi connectivity index (χ0v) is 17.8. The summed E-state index contributed by atoms with van der Waals surface area (Å²) in [6.07, 6.45) is 1.07. The van der Waals surface area contributed by atoms with E-state index in [-0.39, 0.29) is 7.43 Å². The standard InChI is InChI=1S/C22H27NO5S.CH4/c1-22(2,3)28-21(24)23-13-6-7-14-26-17-10-8-11-18-20(17)29(25)19-12-5-4-9-16(19)15-27-18;/h4-5,8-12H,6-7,13-15H2,1-3H3,(H,23,24);1H4. The second kappa shape index (κ2) is 10.5. The summed E-state index contributed by atoms with van der Waals surface area (Å²) in [6.45, 7) is 6.83. The molecular weight excluding hydrogens is 402 g/mol. The molecule has 7 heteroatoms. The van der Waals surface area contributed by atoms with Gasteiger partial charge in [0.15, 0.2) is 0 Å². The predicted molar refractivity (Wildman–Crippen MR) is 118 cm³/mol. The molecule has 3 rings (SSSR count). The minimum absolute atomic E-state index is 0. The highest BCUT2D eigenvalue weighted by Crippen LogP contribution is 2.38. The Morgan fingerprint density at radius 1 is 1.13 bits per heavy atom. The second-order valence-electron chi connectivity index (χ2n) is 7.73. The van der Waals surface area contributed by atoms with E-state index in [0.29, 0.717) is 36.2 Å². The maximum atomic E-state index is 13.2. The van der Waals surface area contributed by atoms with Gasteiger partial charge in [0.05, 0.1) is 22.3 Å². The summed E-state index contributed by atoms with van der Waals surface area (Å²) in [7, 11) is -1.37.